The first-order valence-corrected chi connectivity index (χ1v) is 8.62. The Bertz CT molecular complexity index is 893. The van der Waals surface area contributed by atoms with Crippen molar-refractivity contribution in [2.45, 2.75) is 19.8 Å². The Hall–Kier alpha value is -3.48. The van der Waals surface area contributed by atoms with E-state index in [9.17, 15) is 14.4 Å². The lowest BCUT2D eigenvalue weighted by atomic mass is 10.1. The van der Waals surface area contributed by atoms with E-state index in [1.54, 1.807) is 55.5 Å². The fourth-order valence-electron chi connectivity index (χ4n) is 2.63. The van der Waals surface area contributed by atoms with E-state index in [0.29, 0.717) is 16.9 Å². The summed E-state index contributed by atoms with van der Waals surface area (Å²) in [6, 6.07) is 15.4. The van der Waals surface area contributed by atoms with Gasteiger partial charge in [-0.2, -0.15) is 5.10 Å². The second-order valence-corrected chi connectivity index (χ2v) is 5.84. The molecule has 0 aromatic heterocycles. The lowest BCUT2D eigenvalue weighted by Gasteiger charge is -2.23. The molecule has 7 heteroatoms. The van der Waals surface area contributed by atoms with Crippen LogP contribution in [0.1, 0.15) is 30.1 Å². The van der Waals surface area contributed by atoms with E-state index in [4.69, 9.17) is 4.74 Å². The maximum absolute atomic E-state index is 12.6. The molecule has 138 valence electrons. The number of rotatable bonds is 5. The average molecular weight is 365 g/mol. The average Bonchev–Trinajstić information content (AvgIpc) is 2.69. The van der Waals surface area contributed by atoms with Gasteiger partial charge in [0, 0.05) is 18.5 Å². The van der Waals surface area contributed by atoms with Crippen LogP contribution >= 0.6 is 0 Å². The molecule has 27 heavy (non-hydrogen) atoms. The van der Waals surface area contributed by atoms with E-state index in [2.05, 4.69) is 10.4 Å². The minimum Gasteiger partial charge on any atom is -0.462 e. The summed E-state index contributed by atoms with van der Waals surface area (Å²) in [5, 5.41) is 8.18. The quantitative estimate of drug-likeness (QED) is 0.825. The van der Waals surface area contributed by atoms with Crippen LogP contribution in [0.4, 0.5) is 11.4 Å². The molecule has 2 aromatic carbocycles. The highest BCUT2D eigenvalue weighted by atomic mass is 16.5. The smallest absolute Gasteiger partial charge is 0.338 e. The molecule has 0 unspecified atom stereocenters. The SMILES string of the molecule is CCOC(=O)c1cccc(NC(=O)C2=NN(c3ccccc3)C(=O)CC2)c1. The summed E-state index contributed by atoms with van der Waals surface area (Å²) < 4.78 is 4.96. The highest BCUT2D eigenvalue weighted by Gasteiger charge is 2.25. The molecule has 0 saturated heterocycles. The van der Waals surface area contributed by atoms with Gasteiger partial charge >= 0.3 is 5.97 Å². The van der Waals surface area contributed by atoms with Gasteiger partial charge in [-0.25, -0.2) is 9.80 Å². The number of nitrogens with zero attached hydrogens (tertiary/aromatic N) is 2. The van der Waals surface area contributed by atoms with Crippen LogP contribution in [0.3, 0.4) is 0 Å². The summed E-state index contributed by atoms with van der Waals surface area (Å²) in [4.78, 5) is 36.5. The molecule has 3 rings (SSSR count). The van der Waals surface area contributed by atoms with Crippen molar-refractivity contribution in [3.8, 4) is 0 Å². The highest BCUT2D eigenvalue weighted by Crippen LogP contribution is 2.20. The monoisotopic (exact) mass is 365 g/mol. The number of hydrogen-bond donors (Lipinski definition) is 1. The molecule has 0 fully saturated rings. The summed E-state index contributed by atoms with van der Waals surface area (Å²) >= 11 is 0. The van der Waals surface area contributed by atoms with E-state index in [1.165, 1.54) is 5.01 Å². The maximum atomic E-state index is 12.6. The highest BCUT2D eigenvalue weighted by molar-refractivity contribution is 6.44. The van der Waals surface area contributed by atoms with Crippen LogP contribution in [0.25, 0.3) is 0 Å². The first-order valence-electron chi connectivity index (χ1n) is 8.62. The van der Waals surface area contributed by atoms with Gasteiger partial charge in [-0.05, 0) is 37.3 Å². The molecule has 7 nitrogen and oxygen atoms in total. The Morgan fingerprint density at radius 1 is 1.11 bits per heavy atom. The fourth-order valence-corrected chi connectivity index (χ4v) is 2.63. The molecule has 0 spiro atoms. The van der Waals surface area contributed by atoms with Gasteiger partial charge in [-0.3, -0.25) is 9.59 Å². The van der Waals surface area contributed by atoms with Gasteiger partial charge in [-0.15, -0.1) is 0 Å². The number of anilines is 2. The Morgan fingerprint density at radius 2 is 1.89 bits per heavy atom. The van der Waals surface area contributed by atoms with Crippen molar-refractivity contribution < 1.29 is 19.1 Å². The van der Waals surface area contributed by atoms with E-state index in [0.717, 1.165) is 0 Å². The molecular weight excluding hydrogens is 346 g/mol. The molecule has 1 N–H and O–H groups in total. The number of amides is 2. The Balaban J connectivity index is 1.77. The number of ether oxygens (including phenoxy) is 1. The molecule has 0 radical (unpaired) electrons. The number of carbonyl (C=O) groups is 3. The summed E-state index contributed by atoms with van der Waals surface area (Å²) in [6.07, 6.45) is 0.454. The van der Waals surface area contributed by atoms with Crippen LogP contribution in [0.15, 0.2) is 59.7 Å². The summed E-state index contributed by atoms with van der Waals surface area (Å²) in [7, 11) is 0. The van der Waals surface area contributed by atoms with E-state index in [1.807, 2.05) is 6.07 Å². The predicted molar refractivity (Wildman–Crippen MR) is 102 cm³/mol. The van der Waals surface area contributed by atoms with Gasteiger partial charge in [0.15, 0.2) is 0 Å². The topological polar surface area (TPSA) is 88.1 Å². The number of hydrazone groups is 1. The normalized spacial score (nSPS) is 13.7. The third-order valence-corrected chi connectivity index (χ3v) is 3.93. The van der Waals surface area contributed by atoms with Gasteiger partial charge in [-0.1, -0.05) is 24.3 Å². The largest absolute Gasteiger partial charge is 0.462 e. The van der Waals surface area contributed by atoms with Crippen molar-refractivity contribution in [1.82, 2.24) is 0 Å². The lowest BCUT2D eigenvalue weighted by Crippen LogP contribution is -2.36. The lowest BCUT2D eigenvalue weighted by molar-refractivity contribution is -0.118. The standard InChI is InChI=1S/C20H19N3O4/c1-2-27-20(26)14-7-6-8-15(13-14)21-19(25)17-11-12-18(24)23(22-17)16-9-4-3-5-10-16/h3-10,13H,2,11-12H2,1H3,(H,21,25). The van der Waals surface area contributed by atoms with Crippen LogP contribution in [0.2, 0.25) is 0 Å². The van der Waals surface area contributed by atoms with Crippen molar-refractivity contribution in [2.75, 3.05) is 16.9 Å². The molecule has 1 heterocycles. The molecular formula is C20H19N3O4. The van der Waals surface area contributed by atoms with Crippen LogP contribution in [0, 0.1) is 0 Å². The van der Waals surface area contributed by atoms with Crippen molar-refractivity contribution in [1.29, 1.82) is 0 Å². The van der Waals surface area contributed by atoms with Crippen LogP contribution in [-0.4, -0.2) is 30.1 Å². The number of hydrogen-bond acceptors (Lipinski definition) is 5. The molecule has 0 atom stereocenters. The third kappa shape index (κ3) is 4.38. The minimum absolute atomic E-state index is 0.165. The molecule has 1 aliphatic heterocycles. The third-order valence-electron chi connectivity index (χ3n) is 3.93. The van der Waals surface area contributed by atoms with Crippen molar-refractivity contribution >= 4 is 34.9 Å². The number of esters is 1. The summed E-state index contributed by atoms with van der Waals surface area (Å²) in [5.74, 6) is -1.03. The fraction of sp³-hybridized carbons (Fsp3) is 0.200. The Morgan fingerprint density at radius 3 is 2.63 bits per heavy atom. The first kappa shape index (κ1) is 18.3. The van der Waals surface area contributed by atoms with Crippen LogP contribution < -0.4 is 10.3 Å². The van der Waals surface area contributed by atoms with Gasteiger partial charge < -0.3 is 10.1 Å². The first-order chi connectivity index (χ1) is 13.1. The molecule has 1 aliphatic rings. The van der Waals surface area contributed by atoms with Crippen LogP contribution in [-0.2, 0) is 14.3 Å². The number of para-hydroxylation sites is 1. The molecule has 2 amide bonds. The zero-order valence-corrected chi connectivity index (χ0v) is 14.8. The zero-order valence-electron chi connectivity index (χ0n) is 14.8. The van der Waals surface area contributed by atoms with Gasteiger partial charge in [0.1, 0.15) is 5.71 Å². The van der Waals surface area contributed by atoms with Crippen molar-refractivity contribution in [3.05, 3.63) is 60.2 Å². The Kier molecular flexibility index (Phi) is 5.61. The summed E-state index contributed by atoms with van der Waals surface area (Å²) in [6.45, 7) is 2.00. The van der Waals surface area contributed by atoms with E-state index < -0.39 is 11.9 Å². The predicted octanol–water partition coefficient (Wildman–Crippen LogP) is 2.98. The van der Waals surface area contributed by atoms with Gasteiger partial charge in [0.25, 0.3) is 5.91 Å². The van der Waals surface area contributed by atoms with Gasteiger partial charge in [0.2, 0.25) is 5.91 Å². The van der Waals surface area contributed by atoms with Crippen molar-refractivity contribution in [2.24, 2.45) is 5.10 Å². The number of carbonyl (C=O) groups excluding carboxylic acids is 3. The molecule has 0 aliphatic carbocycles. The Labute approximate surface area is 156 Å². The van der Waals surface area contributed by atoms with Crippen LogP contribution in [0.5, 0.6) is 0 Å². The molecule has 2 aromatic rings. The minimum atomic E-state index is -0.454. The second kappa shape index (κ2) is 8.27. The molecule has 0 bridgehead atoms. The van der Waals surface area contributed by atoms with E-state index in [-0.39, 0.29) is 31.1 Å². The van der Waals surface area contributed by atoms with Crippen molar-refractivity contribution in [3.63, 3.8) is 0 Å². The maximum Gasteiger partial charge on any atom is 0.338 e. The molecule has 0 saturated carbocycles. The zero-order chi connectivity index (χ0) is 19.2. The second-order valence-electron chi connectivity index (χ2n) is 5.84. The van der Waals surface area contributed by atoms with E-state index >= 15 is 0 Å². The number of nitrogens with one attached hydrogen (secondary N) is 1. The number of benzene rings is 2. The summed E-state index contributed by atoms with van der Waals surface area (Å²) in [5.41, 5.74) is 1.66. The van der Waals surface area contributed by atoms with Gasteiger partial charge in [0.05, 0.1) is 17.9 Å².